The molecule has 2 aliphatic heterocycles. The summed E-state index contributed by atoms with van der Waals surface area (Å²) in [5.74, 6) is -0.0816. The van der Waals surface area contributed by atoms with Crippen molar-refractivity contribution in [2.45, 2.75) is 102 Å². The maximum absolute atomic E-state index is 12.7. The minimum Gasteiger partial charge on any atom is -0.465 e. The van der Waals surface area contributed by atoms with E-state index in [4.69, 9.17) is 47.4 Å². The zero-order chi connectivity index (χ0) is 42.9. The molecule has 2 saturated heterocycles. The summed E-state index contributed by atoms with van der Waals surface area (Å²) in [5.41, 5.74) is 4.02. The first kappa shape index (κ1) is 44.6. The van der Waals surface area contributed by atoms with Crippen LogP contribution in [0.5, 0.6) is 11.5 Å². The topological polar surface area (TPSA) is 126 Å². The molecule has 0 saturated carbocycles. The van der Waals surface area contributed by atoms with E-state index >= 15 is 0 Å². The number of rotatable bonds is 20. The van der Waals surface area contributed by atoms with Crippen molar-refractivity contribution in [2.75, 3.05) is 13.2 Å². The van der Waals surface area contributed by atoms with Gasteiger partial charge in [0.25, 0.3) is 0 Å². The lowest BCUT2D eigenvalue weighted by molar-refractivity contribution is -0.323. The second-order valence-electron chi connectivity index (χ2n) is 15.2. The molecule has 0 aromatic heterocycles. The molecule has 8 atom stereocenters. The number of carbonyl (C=O) groups is 2. The lowest BCUT2D eigenvalue weighted by atomic mass is 9.98. The van der Waals surface area contributed by atoms with Crippen LogP contribution in [0.25, 0.3) is 0 Å². The minimum atomic E-state index is -0.854. The van der Waals surface area contributed by atoms with Gasteiger partial charge in [0.2, 0.25) is 6.29 Å². The Hall–Kier alpha value is -5.44. The molecule has 12 heteroatoms. The van der Waals surface area contributed by atoms with Crippen LogP contribution < -0.4 is 9.47 Å². The Bertz CT molecular complexity index is 2070. The Kier molecular flexibility index (Phi) is 16.6. The number of esters is 2. The van der Waals surface area contributed by atoms with Crippen LogP contribution in [0.3, 0.4) is 0 Å². The molecule has 5 aromatic carbocycles. The second-order valence-corrected chi connectivity index (χ2v) is 15.2. The van der Waals surface area contributed by atoms with Gasteiger partial charge in [0.05, 0.1) is 45.7 Å². The Balaban J connectivity index is 1.14. The van der Waals surface area contributed by atoms with Crippen LogP contribution in [0.1, 0.15) is 48.9 Å². The summed E-state index contributed by atoms with van der Waals surface area (Å²) in [7, 11) is 0. The maximum Gasteiger partial charge on any atom is 0.308 e. The normalized spacial score (nSPS) is 23.6. The van der Waals surface area contributed by atoms with Crippen molar-refractivity contribution >= 4 is 11.9 Å². The van der Waals surface area contributed by atoms with E-state index in [1.54, 1.807) is 24.3 Å². The molecule has 326 valence electrons. The zero-order valence-corrected chi connectivity index (χ0v) is 35.0. The van der Waals surface area contributed by atoms with Gasteiger partial charge in [0.15, 0.2) is 6.29 Å². The van der Waals surface area contributed by atoms with E-state index in [1.165, 1.54) is 13.8 Å². The van der Waals surface area contributed by atoms with Crippen LogP contribution in [0.4, 0.5) is 0 Å². The number of benzene rings is 5. The quantitative estimate of drug-likeness (QED) is 0.0555. The molecular weight excluding hydrogens is 793 g/mol. The van der Waals surface area contributed by atoms with Crippen molar-refractivity contribution in [1.82, 2.24) is 0 Å². The summed E-state index contributed by atoms with van der Waals surface area (Å²) in [4.78, 5) is 24.2. The third-order valence-electron chi connectivity index (χ3n) is 10.3. The highest BCUT2D eigenvalue weighted by Gasteiger charge is 2.47. The monoisotopic (exact) mass is 846 g/mol. The molecule has 5 aromatic rings. The van der Waals surface area contributed by atoms with Crippen LogP contribution in [0, 0.1) is 0 Å². The molecule has 62 heavy (non-hydrogen) atoms. The first-order valence-electron chi connectivity index (χ1n) is 21.0. The fraction of sp³-hybridized carbons (Fsp3) is 0.360. The highest BCUT2D eigenvalue weighted by Crippen LogP contribution is 2.34. The van der Waals surface area contributed by atoms with Gasteiger partial charge in [0, 0.05) is 26.7 Å². The van der Waals surface area contributed by atoms with Gasteiger partial charge in [0.1, 0.15) is 42.0 Å². The highest BCUT2D eigenvalue weighted by atomic mass is 16.7. The average Bonchev–Trinajstić information content (AvgIpc) is 3.28. The largest absolute Gasteiger partial charge is 0.465 e. The molecule has 0 aliphatic carbocycles. The smallest absolute Gasteiger partial charge is 0.308 e. The summed E-state index contributed by atoms with van der Waals surface area (Å²) in [5, 5.41) is 0. The molecule has 2 aliphatic rings. The summed E-state index contributed by atoms with van der Waals surface area (Å²) >= 11 is 0. The first-order chi connectivity index (χ1) is 30.3. The van der Waals surface area contributed by atoms with Gasteiger partial charge in [-0.05, 0) is 46.5 Å². The summed E-state index contributed by atoms with van der Waals surface area (Å²) in [6.45, 7) is 4.30. The van der Waals surface area contributed by atoms with Crippen LogP contribution >= 0.6 is 0 Å². The van der Waals surface area contributed by atoms with E-state index in [0.29, 0.717) is 37.9 Å². The summed E-state index contributed by atoms with van der Waals surface area (Å²) < 4.78 is 63.6. The van der Waals surface area contributed by atoms with Crippen molar-refractivity contribution in [2.24, 2.45) is 0 Å². The van der Waals surface area contributed by atoms with Gasteiger partial charge < -0.3 is 47.4 Å². The third kappa shape index (κ3) is 13.8. The zero-order valence-electron chi connectivity index (χ0n) is 35.0. The second kappa shape index (κ2) is 23.1. The molecule has 0 amide bonds. The number of hydrogen-bond donors (Lipinski definition) is 0. The summed E-state index contributed by atoms with van der Waals surface area (Å²) in [6.07, 6.45) is -5.34. The number of carbonyl (C=O) groups excluding carboxylic acids is 2. The molecule has 6 unspecified atom stereocenters. The fourth-order valence-electron chi connectivity index (χ4n) is 7.45. The van der Waals surface area contributed by atoms with Crippen LogP contribution in [-0.4, -0.2) is 74.4 Å². The van der Waals surface area contributed by atoms with Crippen molar-refractivity contribution < 1.29 is 57.0 Å². The van der Waals surface area contributed by atoms with Crippen molar-refractivity contribution in [1.29, 1.82) is 0 Å². The van der Waals surface area contributed by atoms with E-state index in [9.17, 15) is 9.59 Å². The van der Waals surface area contributed by atoms with E-state index in [0.717, 1.165) is 22.3 Å². The Morgan fingerprint density at radius 1 is 0.500 bits per heavy atom. The van der Waals surface area contributed by atoms with Crippen LogP contribution in [-0.2, 0) is 73.9 Å². The van der Waals surface area contributed by atoms with Crippen molar-refractivity contribution in [3.63, 3.8) is 0 Å². The number of ether oxygens (including phenoxy) is 10. The van der Waals surface area contributed by atoms with E-state index < -0.39 is 61.1 Å². The van der Waals surface area contributed by atoms with Gasteiger partial charge in [-0.3, -0.25) is 9.59 Å². The van der Waals surface area contributed by atoms with Crippen LogP contribution in [0.2, 0.25) is 0 Å². The Morgan fingerprint density at radius 2 is 0.952 bits per heavy atom. The third-order valence-corrected chi connectivity index (χ3v) is 10.3. The first-order valence-corrected chi connectivity index (χ1v) is 21.0. The lowest BCUT2D eigenvalue weighted by Crippen LogP contribution is -2.58. The van der Waals surface area contributed by atoms with E-state index in [2.05, 4.69) is 0 Å². The Labute approximate surface area is 362 Å². The maximum atomic E-state index is 12.7. The molecule has 0 bridgehead atoms. The molecular formula is C50H54O12. The summed E-state index contributed by atoms with van der Waals surface area (Å²) in [6, 6.07) is 46.3. The SMILES string of the molecule is CC(=O)Oc1ccc(OC2CC(OC(C)=O)[C@H](OC3CC(OCc4ccccc4)[C@H](OCc4ccccc4)C(COCc4ccccc4)O3)C(COCc3ccccc3)O2)cc1. The molecule has 12 nitrogen and oxygen atoms in total. The van der Waals surface area contributed by atoms with Gasteiger partial charge in [-0.25, -0.2) is 0 Å². The van der Waals surface area contributed by atoms with Gasteiger partial charge in [-0.15, -0.1) is 0 Å². The van der Waals surface area contributed by atoms with Gasteiger partial charge >= 0.3 is 11.9 Å². The van der Waals surface area contributed by atoms with E-state index in [1.807, 2.05) is 121 Å². The predicted molar refractivity (Wildman–Crippen MR) is 228 cm³/mol. The van der Waals surface area contributed by atoms with Crippen molar-refractivity contribution in [3.8, 4) is 11.5 Å². The fourth-order valence-corrected chi connectivity index (χ4v) is 7.45. The standard InChI is InChI=1S/C50H54O12/c1-35(51)57-41-23-25-42(26-24-41)59-47-28-44(58-36(2)52)50(46(61-47)34-54-30-38-17-9-4-10-18-38)62-48-27-43(55-31-39-19-11-5-12-20-39)49(56-32-40-21-13-6-14-22-40)45(60-48)33-53-29-37-15-7-3-8-16-37/h3-26,43-50H,27-34H2,1-2H3/t43?,44?,45?,46?,47?,48?,49-,50-/m0/s1. The lowest BCUT2D eigenvalue weighted by Gasteiger charge is -2.45. The van der Waals surface area contributed by atoms with Gasteiger partial charge in [-0.2, -0.15) is 0 Å². The number of hydrogen-bond acceptors (Lipinski definition) is 12. The molecule has 2 fully saturated rings. The minimum absolute atomic E-state index is 0.0790. The molecule has 0 N–H and O–H groups in total. The molecule has 7 rings (SSSR count). The van der Waals surface area contributed by atoms with Crippen LogP contribution in [0.15, 0.2) is 146 Å². The molecule has 0 radical (unpaired) electrons. The van der Waals surface area contributed by atoms with Crippen molar-refractivity contribution in [3.05, 3.63) is 168 Å². The highest BCUT2D eigenvalue weighted by molar-refractivity contribution is 5.69. The Morgan fingerprint density at radius 3 is 1.47 bits per heavy atom. The van der Waals surface area contributed by atoms with E-state index in [-0.39, 0.29) is 26.1 Å². The molecule has 0 spiro atoms. The van der Waals surface area contributed by atoms with Gasteiger partial charge in [-0.1, -0.05) is 121 Å². The predicted octanol–water partition coefficient (Wildman–Crippen LogP) is 8.14. The molecule has 2 heterocycles. The average molecular weight is 847 g/mol.